The van der Waals surface area contributed by atoms with Crippen LogP contribution in [0.1, 0.15) is 25.3 Å². The molecule has 1 fully saturated rings. The molecule has 0 radical (unpaired) electrons. The van der Waals surface area contributed by atoms with Gasteiger partial charge in [-0.15, -0.1) is 0 Å². The number of benzene rings is 1. The first-order valence-corrected chi connectivity index (χ1v) is 7.88. The second-order valence-electron chi connectivity index (χ2n) is 5.65. The van der Waals surface area contributed by atoms with E-state index in [9.17, 15) is 14.4 Å². The molecular weight excluding hydrogens is 312 g/mol. The summed E-state index contributed by atoms with van der Waals surface area (Å²) in [7, 11) is 1.26. The van der Waals surface area contributed by atoms with Crippen LogP contribution in [0.3, 0.4) is 0 Å². The monoisotopic (exact) mass is 334 g/mol. The molecule has 0 aliphatic carbocycles. The number of hydrogen-bond acceptors (Lipinski definition) is 5. The molecule has 1 aromatic carbocycles. The van der Waals surface area contributed by atoms with Crippen molar-refractivity contribution in [3.63, 3.8) is 0 Å². The first-order chi connectivity index (χ1) is 11.5. The van der Waals surface area contributed by atoms with Gasteiger partial charge in [0, 0.05) is 6.54 Å². The van der Waals surface area contributed by atoms with Crippen LogP contribution in [0, 0.1) is 0 Å². The second-order valence-corrected chi connectivity index (χ2v) is 5.65. The van der Waals surface area contributed by atoms with Gasteiger partial charge in [0.15, 0.2) is 0 Å². The molecule has 1 aliphatic heterocycles. The Morgan fingerprint density at radius 2 is 2.00 bits per heavy atom. The molecule has 1 saturated heterocycles. The number of rotatable bonds is 5. The minimum atomic E-state index is -0.759. The molecule has 2 atom stereocenters. The summed E-state index contributed by atoms with van der Waals surface area (Å²) in [6.07, 6.45) is 0.730. The number of carbonyl (C=O) groups excluding carboxylic acids is 3. The van der Waals surface area contributed by atoms with Crippen molar-refractivity contribution in [3.8, 4) is 0 Å². The lowest BCUT2D eigenvalue weighted by atomic mass is 10.2. The third-order valence-corrected chi connectivity index (χ3v) is 3.91. The average Bonchev–Trinajstić information content (AvgIpc) is 3.09. The summed E-state index contributed by atoms with van der Waals surface area (Å²) in [6.45, 7) is 2.15. The molecule has 1 heterocycles. The van der Waals surface area contributed by atoms with Crippen molar-refractivity contribution in [1.82, 2.24) is 10.2 Å². The normalized spacial score (nSPS) is 17.9. The molecule has 24 heavy (non-hydrogen) atoms. The van der Waals surface area contributed by atoms with Crippen LogP contribution < -0.4 is 5.32 Å². The van der Waals surface area contributed by atoms with Gasteiger partial charge in [-0.2, -0.15) is 0 Å². The largest absolute Gasteiger partial charge is 0.467 e. The fourth-order valence-electron chi connectivity index (χ4n) is 2.61. The maximum absolute atomic E-state index is 12.3. The first-order valence-electron chi connectivity index (χ1n) is 7.88. The van der Waals surface area contributed by atoms with Gasteiger partial charge in [-0.1, -0.05) is 30.3 Å². The lowest BCUT2D eigenvalue weighted by molar-refractivity contribution is -0.145. The lowest BCUT2D eigenvalue weighted by Crippen LogP contribution is -2.50. The fraction of sp³-hybridized carbons (Fsp3) is 0.471. The first kappa shape index (κ1) is 17.8. The molecule has 1 aliphatic rings. The zero-order valence-corrected chi connectivity index (χ0v) is 13.9. The summed E-state index contributed by atoms with van der Waals surface area (Å²) in [5, 5.41) is 2.57. The van der Waals surface area contributed by atoms with E-state index in [1.54, 1.807) is 0 Å². The predicted octanol–water partition coefficient (Wildman–Crippen LogP) is 1.47. The fourth-order valence-corrected chi connectivity index (χ4v) is 2.61. The van der Waals surface area contributed by atoms with Crippen LogP contribution in [0.15, 0.2) is 30.3 Å². The Labute approximate surface area is 140 Å². The third-order valence-electron chi connectivity index (χ3n) is 3.91. The number of esters is 1. The Morgan fingerprint density at radius 1 is 1.29 bits per heavy atom. The summed E-state index contributed by atoms with van der Waals surface area (Å²) in [5.74, 6) is -0.901. The molecule has 2 rings (SSSR count). The second kappa shape index (κ2) is 8.33. The summed E-state index contributed by atoms with van der Waals surface area (Å²) in [5.41, 5.74) is 0.880. The number of likely N-dealkylation sites (tertiary alicyclic amines) is 1. The van der Waals surface area contributed by atoms with Crippen molar-refractivity contribution >= 4 is 18.0 Å². The minimum absolute atomic E-state index is 0.156. The Bertz CT molecular complexity index is 590. The Hall–Kier alpha value is -2.57. The van der Waals surface area contributed by atoms with Gasteiger partial charge < -0.3 is 14.8 Å². The molecule has 7 heteroatoms. The van der Waals surface area contributed by atoms with Crippen molar-refractivity contribution < 1.29 is 23.9 Å². The van der Waals surface area contributed by atoms with E-state index in [1.165, 1.54) is 18.9 Å². The molecule has 1 N–H and O–H groups in total. The highest BCUT2D eigenvalue weighted by molar-refractivity contribution is 5.89. The maximum atomic E-state index is 12.3. The van der Waals surface area contributed by atoms with Gasteiger partial charge in [-0.25, -0.2) is 9.59 Å². The average molecular weight is 334 g/mol. The molecule has 0 bridgehead atoms. The maximum Gasteiger partial charge on any atom is 0.410 e. The van der Waals surface area contributed by atoms with Crippen LogP contribution in [0.5, 0.6) is 0 Å². The van der Waals surface area contributed by atoms with Crippen LogP contribution in [0.25, 0.3) is 0 Å². The Kier molecular flexibility index (Phi) is 6.17. The number of amides is 2. The van der Waals surface area contributed by atoms with Crippen molar-refractivity contribution in [1.29, 1.82) is 0 Å². The van der Waals surface area contributed by atoms with Crippen molar-refractivity contribution in [3.05, 3.63) is 35.9 Å². The number of hydrogen-bond donors (Lipinski definition) is 1. The summed E-state index contributed by atoms with van der Waals surface area (Å²) < 4.78 is 9.86. The van der Waals surface area contributed by atoms with Gasteiger partial charge in [-0.3, -0.25) is 9.69 Å². The predicted molar refractivity (Wildman–Crippen MR) is 86.0 cm³/mol. The van der Waals surface area contributed by atoms with Crippen LogP contribution in [0.4, 0.5) is 4.79 Å². The van der Waals surface area contributed by atoms with Crippen molar-refractivity contribution in [2.75, 3.05) is 13.7 Å². The zero-order chi connectivity index (χ0) is 17.5. The summed E-state index contributed by atoms with van der Waals surface area (Å²) in [4.78, 5) is 37.3. The van der Waals surface area contributed by atoms with E-state index in [-0.39, 0.29) is 12.5 Å². The highest BCUT2D eigenvalue weighted by Crippen LogP contribution is 2.19. The molecule has 0 spiro atoms. The molecule has 130 valence electrons. The van der Waals surface area contributed by atoms with Crippen LogP contribution in [0.2, 0.25) is 0 Å². The summed E-state index contributed by atoms with van der Waals surface area (Å²) in [6, 6.07) is 7.95. The van der Waals surface area contributed by atoms with Crippen LogP contribution in [-0.2, 0) is 25.7 Å². The van der Waals surface area contributed by atoms with Gasteiger partial charge in [0.1, 0.15) is 18.7 Å². The minimum Gasteiger partial charge on any atom is -0.467 e. The zero-order valence-electron chi connectivity index (χ0n) is 13.9. The van der Waals surface area contributed by atoms with Gasteiger partial charge in [0.2, 0.25) is 5.91 Å². The van der Waals surface area contributed by atoms with E-state index in [0.717, 1.165) is 5.56 Å². The van der Waals surface area contributed by atoms with Gasteiger partial charge in [-0.05, 0) is 25.3 Å². The smallest absolute Gasteiger partial charge is 0.410 e. The molecular formula is C17H22N2O5. The van der Waals surface area contributed by atoms with E-state index >= 15 is 0 Å². The lowest BCUT2D eigenvalue weighted by Gasteiger charge is -2.24. The van der Waals surface area contributed by atoms with Crippen LogP contribution >= 0.6 is 0 Å². The quantitative estimate of drug-likeness (QED) is 0.824. The molecule has 2 amide bonds. The number of methoxy groups -OCH3 is 1. The van der Waals surface area contributed by atoms with Crippen molar-refractivity contribution in [2.24, 2.45) is 0 Å². The van der Waals surface area contributed by atoms with E-state index in [0.29, 0.717) is 19.4 Å². The van der Waals surface area contributed by atoms with E-state index < -0.39 is 24.1 Å². The number of nitrogens with one attached hydrogen (secondary N) is 1. The molecule has 1 aromatic rings. The summed E-state index contributed by atoms with van der Waals surface area (Å²) >= 11 is 0. The van der Waals surface area contributed by atoms with E-state index in [1.807, 2.05) is 30.3 Å². The molecule has 0 aromatic heterocycles. The highest BCUT2D eigenvalue weighted by atomic mass is 16.6. The number of ether oxygens (including phenoxy) is 2. The van der Waals surface area contributed by atoms with E-state index in [4.69, 9.17) is 4.74 Å². The van der Waals surface area contributed by atoms with Gasteiger partial charge in [0.05, 0.1) is 7.11 Å². The number of carbonyl (C=O) groups is 3. The SMILES string of the molecule is COC(=O)[C@@H](C)NC(=O)[C@@H]1CCCN1C(=O)OCc1ccccc1. The van der Waals surface area contributed by atoms with Gasteiger partial charge >= 0.3 is 12.1 Å². The van der Waals surface area contributed by atoms with Crippen LogP contribution in [-0.4, -0.2) is 48.6 Å². The van der Waals surface area contributed by atoms with Gasteiger partial charge in [0.25, 0.3) is 0 Å². The third kappa shape index (κ3) is 4.47. The van der Waals surface area contributed by atoms with Crippen molar-refractivity contribution in [2.45, 2.75) is 38.5 Å². The van der Waals surface area contributed by atoms with E-state index in [2.05, 4.69) is 10.1 Å². The standard InChI is InChI=1S/C17H22N2O5/c1-12(16(21)23-2)18-15(20)14-9-6-10-19(14)17(22)24-11-13-7-4-3-5-8-13/h3-5,7-8,12,14H,6,9-11H2,1-2H3,(H,18,20)/t12-,14+/m1/s1. The Morgan fingerprint density at radius 3 is 2.67 bits per heavy atom. The molecule has 0 saturated carbocycles. The highest BCUT2D eigenvalue weighted by Gasteiger charge is 2.36. The Balaban J connectivity index is 1.90. The topological polar surface area (TPSA) is 84.9 Å². The molecule has 7 nitrogen and oxygen atoms in total. The molecule has 0 unspecified atom stereocenters. The number of nitrogens with zero attached hydrogens (tertiary/aromatic N) is 1.